The number of fused-ring (bicyclic) bond motifs is 2. The first kappa shape index (κ1) is 18.7. The molecule has 30 heavy (non-hydrogen) atoms. The number of rotatable bonds is 3. The van der Waals surface area contributed by atoms with Crippen molar-refractivity contribution in [3.05, 3.63) is 63.9 Å². The lowest BCUT2D eigenvalue weighted by atomic mass is 9.72. The highest BCUT2D eigenvalue weighted by molar-refractivity contribution is 5.92. The predicted octanol–water partition coefficient (Wildman–Crippen LogP) is 2.15. The van der Waals surface area contributed by atoms with Gasteiger partial charge in [-0.2, -0.15) is 0 Å². The highest BCUT2D eigenvalue weighted by Crippen LogP contribution is 2.41. The van der Waals surface area contributed by atoms with Crippen LogP contribution in [0.25, 0.3) is 16.7 Å². The van der Waals surface area contributed by atoms with E-state index in [0.29, 0.717) is 24.7 Å². The van der Waals surface area contributed by atoms with E-state index in [9.17, 15) is 23.5 Å². The molecule has 3 atom stereocenters. The number of halogens is 2. The highest BCUT2D eigenvalue weighted by Gasteiger charge is 2.46. The first-order valence-electron chi connectivity index (χ1n) is 9.59. The zero-order chi connectivity index (χ0) is 21.2. The van der Waals surface area contributed by atoms with Gasteiger partial charge in [-0.05, 0) is 48.6 Å². The van der Waals surface area contributed by atoms with Gasteiger partial charge in [-0.1, -0.05) is 0 Å². The number of aromatic nitrogens is 2. The Morgan fingerprint density at radius 3 is 2.57 bits per heavy atom. The number of carboxylic acids is 1. The van der Waals surface area contributed by atoms with Crippen molar-refractivity contribution in [2.75, 3.05) is 18.0 Å². The Morgan fingerprint density at radius 1 is 1.20 bits per heavy atom. The lowest BCUT2D eigenvalue weighted by Crippen LogP contribution is -2.46. The van der Waals surface area contributed by atoms with Gasteiger partial charge in [-0.3, -0.25) is 4.79 Å². The molecule has 9 heteroatoms. The Bertz CT molecular complexity index is 1240. The molecule has 0 radical (unpaired) electrons. The number of pyridine rings is 2. The Balaban J connectivity index is 1.72. The Hall–Kier alpha value is -3.33. The summed E-state index contributed by atoms with van der Waals surface area (Å²) in [5, 5.41) is 9.27. The van der Waals surface area contributed by atoms with E-state index in [0.717, 1.165) is 18.7 Å². The maximum Gasteiger partial charge on any atom is 0.341 e. The average Bonchev–Trinajstić information content (AvgIpc) is 3.06. The van der Waals surface area contributed by atoms with Crippen LogP contribution in [0.2, 0.25) is 0 Å². The SMILES string of the molecule is N[C@@H]1C[C@@H]2CN(c3nc4c(cc3F)c(=O)c(C(=O)O)cn4-c3ccc(F)cc3)C[C@@H]21. The molecule has 3 aromatic rings. The van der Waals surface area contributed by atoms with Crippen molar-refractivity contribution in [1.82, 2.24) is 9.55 Å². The normalized spacial score (nSPS) is 22.8. The maximum atomic E-state index is 15.0. The fourth-order valence-electron chi connectivity index (χ4n) is 4.52. The van der Waals surface area contributed by atoms with Gasteiger partial charge in [0.15, 0.2) is 17.3 Å². The lowest BCUT2D eigenvalue weighted by Gasteiger charge is -2.36. The van der Waals surface area contributed by atoms with E-state index >= 15 is 0 Å². The minimum Gasteiger partial charge on any atom is -0.477 e. The van der Waals surface area contributed by atoms with E-state index in [1.54, 1.807) is 0 Å². The molecule has 2 fully saturated rings. The number of benzene rings is 1. The molecule has 7 nitrogen and oxygen atoms in total. The molecule has 1 aliphatic carbocycles. The molecule has 5 rings (SSSR count). The number of nitrogens with zero attached hydrogens (tertiary/aromatic N) is 3. The smallest absolute Gasteiger partial charge is 0.341 e. The largest absolute Gasteiger partial charge is 0.477 e. The third-order valence-corrected chi connectivity index (χ3v) is 6.16. The van der Waals surface area contributed by atoms with Crippen molar-refractivity contribution in [2.24, 2.45) is 17.6 Å². The van der Waals surface area contributed by atoms with E-state index < -0.39 is 28.6 Å². The van der Waals surface area contributed by atoms with Crippen molar-refractivity contribution >= 4 is 22.8 Å². The van der Waals surface area contributed by atoms with Crippen LogP contribution in [-0.4, -0.2) is 39.8 Å². The van der Waals surface area contributed by atoms with Crippen LogP contribution >= 0.6 is 0 Å². The molecule has 0 bridgehead atoms. The fraction of sp³-hybridized carbons (Fsp3) is 0.286. The van der Waals surface area contributed by atoms with E-state index in [1.807, 2.05) is 4.90 Å². The summed E-state index contributed by atoms with van der Waals surface area (Å²) < 4.78 is 29.7. The Labute approximate surface area is 169 Å². The van der Waals surface area contributed by atoms with Crippen molar-refractivity contribution in [2.45, 2.75) is 12.5 Å². The number of hydrogen-bond donors (Lipinski definition) is 2. The third-order valence-electron chi connectivity index (χ3n) is 6.16. The van der Waals surface area contributed by atoms with Crippen LogP contribution in [0, 0.1) is 23.5 Å². The Kier molecular flexibility index (Phi) is 4.11. The van der Waals surface area contributed by atoms with Crippen molar-refractivity contribution in [1.29, 1.82) is 0 Å². The molecule has 1 saturated heterocycles. The summed E-state index contributed by atoms with van der Waals surface area (Å²) in [5.41, 5.74) is 5.20. The van der Waals surface area contributed by atoms with Gasteiger partial charge in [-0.25, -0.2) is 18.6 Å². The van der Waals surface area contributed by atoms with Gasteiger partial charge in [0, 0.05) is 31.0 Å². The number of nitrogens with two attached hydrogens (primary N) is 1. The lowest BCUT2D eigenvalue weighted by molar-refractivity contribution is 0.0695. The fourth-order valence-corrected chi connectivity index (χ4v) is 4.52. The molecule has 3 heterocycles. The summed E-state index contributed by atoms with van der Waals surface area (Å²) in [6, 6.07) is 6.43. The molecular weight excluding hydrogens is 394 g/mol. The van der Waals surface area contributed by atoms with Gasteiger partial charge in [0.25, 0.3) is 0 Å². The van der Waals surface area contributed by atoms with E-state index in [4.69, 9.17) is 5.73 Å². The van der Waals surface area contributed by atoms with Crippen molar-refractivity contribution in [3.8, 4) is 5.69 Å². The minimum absolute atomic E-state index is 0.0963. The van der Waals surface area contributed by atoms with Gasteiger partial charge in [0.2, 0.25) is 5.43 Å². The van der Waals surface area contributed by atoms with Gasteiger partial charge in [0.1, 0.15) is 11.4 Å². The maximum absolute atomic E-state index is 15.0. The molecular formula is C21H18F2N4O3. The van der Waals surface area contributed by atoms with E-state index in [-0.39, 0.29) is 28.8 Å². The monoisotopic (exact) mass is 412 g/mol. The molecule has 1 saturated carbocycles. The van der Waals surface area contributed by atoms with Crippen LogP contribution in [-0.2, 0) is 0 Å². The number of carbonyl (C=O) groups is 1. The standard InChI is InChI=1S/C21H18F2N4O3/c22-11-1-3-12(4-2-11)27-9-15(21(29)30)18(28)13-6-16(23)20(25-19(13)27)26-7-10-5-17(24)14(10)8-26/h1-4,6,9-10,14,17H,5,7-8,24H2,(H,29,30)/t10-,14+,17-/m1/s1. The zero-order valence-corrected chi connectivity index (χ0v) is 15.8. The van der Waals surface area contributed by atoms with E-state index in [1.165, 1.54) is 28.8 Å². The number of anilines is 1. The van der Waals surface area contributed by atoms with Crippen LogP contribution < -0.4 is 16.1 Å². The van der Waals surface area contributed by atoms with Gasteiger partial charge >= 0.3 is 5.97 Å². The summed E-state index contributed by atoms with van der Waals surface area (Å²) >= 11 is 0. The van der Waals surface area contributed by atoms with Crippen LogP contribution in [0.3, 0.4) is 0 Å². The summed E-state index contributed by atoms with van der Waals surface area (Å²) in [5.74, 6) is -1.82. The summed E-state index contributed by atoms with van der Waals surface area (Å²) in [6.45, 7) is 1.21. The average molecular weight is 412 g/mol. The number of hydrogen-bond acceptors (Lipinski definition) is 5. The molecule has 1 aliphatic heterocycles. The number of aromatic carboxylic acids is 1. The zero-order valence-electron chi connectivity index (χ0n) is 15.8. The molecule has 0 unspecified atom stereocenters. The molecule has 3 N–H and O–H groups in total. The third kappa shape index (κ3) is 2.77. The predicted molar refractivity (Wildman–Crippen MR) is 106 cm³/mol. The molecule has 0 amide bonds. The highest BCUT2D eigenvalue weighted by atomic mass is 19.1. The quantitative estimate of drug-likeness (QED) is 0.684. The van der Waals surface area contributed by atoms with Crippen LogP contribution in [0.15, 0.2) is 41.3 Å². The summed E-state index contributed by atoms with van der Waals surface area (Å²) in [4.78, 5) is 30.5. The van der Waals surface area contributed by atoms with Gasteiger partial charge < -0.3 is 20.3 Å². The second-order valence-electron chi connectivity index (χ2n) is 7.92. The van der Waals surface area contributed by atoms with Crippen LogP contribution in [0.1, 0.15) is 16.8 Å². The topological polar surface area (TPSA) is 101 Å². The first-order chi connectivity index (χ1) is 14.3. The molecule has 2 aliphatic rings. The molecule has 1 aromatic carbocycles. The van der Waals surface area contributed by atoms with Crippen molar-refractivity contribution in [3.63, 3.8) is 0 Å². The van der Waals surface area contributed by atoms with Gasteiger partial charge in [0.05, 0.1) is 5.39 Å². The van der Waals surface area contributed by atoms with E-state index in [2.05, 4.69) is 4.98 Å². The number of carboxylic acid groups (broad SMARTS) is 1. The van der Waals surface area contributed by atoms with Crippen LogP contribution in [0.4, 0.5) is 14.6 Å². The minimum atomic E-state index is -1.44. The molecule has 154 valence electrons. The second kappa shape index (κ2) is 6.60. The summed E-state index contributed by atoms with van der Waals surface area (Å²) in [6.07, 6.45) is 2.02. The van der Waals surface area contributed by atoms with Crippen LogP contribution in [0.5, 0.6) is 0 Å². The Morgan fingerprint density at radius 2 is 1.93 bits per heavy atom. The first-order valence-corrected chi connectivity index (χ1v) is 9.59. The molecule has 0 spiro atoms. The van der Waals surface area contributed by atoms with Crippen molar-refractivity contribution < 1.29 is 18.7 Å². The van der Waals surface area contributed by atoms with Gasteiger partial charge in [-0.15, -0.1) is 0 Å². The second-order valence-corrected chi connectivity index (χ2v) is 7.92. The summed E-state index contributed by atoms with van der Waals surface area (Å²) in [7, 11) is 0. The molecule has 2 aromatic heterocycles.